The minimum atomic E-state index is -1.04. The van der Waals surface area contributed by atoms with Crippen LogP contribution in [-0.2, 0) is 34.0 Å². The van der Waals surface area contributed by atoms with Crippen molar-refractivity contribution in [1.29, 1.82) is 0 Å². The molecule has 1 N–H and O–H groups in total. The molecule has 0 radical (unpaired) electrons. The minimum Gasteiger partial charge on any atom is -0.489 e. The fraction of sp³-hybridized carbons (Fsp3) is 0.346. The highest BCUT2D eigenvalue weighted by Gasteiger charge is 2.40. The Morgan fingerprint density at radius 3 is 2.38 bits per heavy atom. The number of hydrogen-bond donors (Lipinski definition) is 1. The van der Waals surface area contributed by atoms with E-state index in [1.54, 1.807) is 13.0 Å². The first-order valence-electron chi connectivity index (χ1n) is 11.2. The Labute approximate surface area is 198 Å². The van der Waals surface area contributed by atoms with E-state index in [0.29, 0.717) is 24.7 Å². The molecule has 2 aromatic carbocycles. The number of amides is 1. The van der Waals surface area contributed by atoms with Crippen LogP contribution in [0.3, 0.4) is 0 Å². The average Bonchev–Trinajstić information content (AvgIpc) is 3.44. The van der Waals surface area contributed by atoms with Crippen molar-refractivity contribution in [2.75, 3.05) is 6.54 Å². The van der Waals surface area contributed by atoms with Crippen LogP contribution in [0.15, 0.2) is 59.1 Å². The molecule has 8 heteroatoms. The summed E-state index contributed by atoms with van der Waals surface area (Å²) in [4.78, 5) is 25.7. The van der Waals surface area contributed by atoms with E-state index in [2.05, 4.69) is 17.3 Å². The lowest BCUT2D eigenvalue weighted by Gasteiger charge is -2.20. The fourth-order valence-corrected chi connectivity index (χ4v) is 3.93. The molecule has 1 saturated heterocycles. The smallest absolute Gasteiger partial charge is 0.326 e. The molecule has 4 rings (SSSR count). The van der Waals surface area contributed by atoms with Gasteiger partial charge in [-0.05, 0) is 37.1 Å². The SMILES string of the molecule is Cc1ccc(COc2ccc(COC3CC(C(=O)O)N(C(=O)Cc4cc(C)no4)C3)cc2)cc1. The zero-order valence-electron chi connectivity index (χ0n) is 19.3. The highest BCUT2D eigenvalue weighted by Crippen LogP contribution is 2.24. The Bertz CT molecular complexity index is 1120. The monoisotopic (exact) mass is 464 g/mol. The van der Waals surface area contributed by atoms with Crippen molar-refractivity contribution < 1.29 is 28.7 Å². The third-order valence-corrected chi connectivity index (χ3v) is 5.81. The molecule has 1 aliphatic rings. The van der Waals surface area contributed by atoms with Crippen LogP contribution < -0.4 is 4.74 Å². The summed E-state index contributed by atoms with van der Waals surface area (Å²) >= 11 is 0. The van der Waals surface area contributed by atoms with Crippen molar-refractivity contribution in [2.45, 2.75) is 52.0 Å². The highest BCUT2D eigenvalue weighted by atomic mass is 16.5. The second-order valence-corrected chi connectivity index (χ2v) is 8.60. The molecular weight excluding hydrogens is 436 g/mol. The number of carboxylic acid groups (broad SMARTS) is 1. The van der Waals surface area contributed by atoms with Gasteiger partial charge >= 0.3 is 5.97 Å². The second kappa shape index (κ2) is 10.5. The molecule has 8 nitrogen and oxygen atoms in total. The number of hydrogen-bond acceptors (Lipinski definition) is 6. The predicted molar refractivity (Wildman–Crippen MR) is 123 cm³/mol. The van der Waals surface area contributed by atoms with E-state index < -0.39 is 12.0 Å². The van der Waals surface area contributed by atoms with Crippen molar-refractivity contribution in [3.63, 3.8) is 0 Å². The van der Waals surface area contributed by atoms with E-state index in [9.17, 15) is 14.7 Å². The summed E-state index contributed by atoms with van der Waals surface area (Å²) in [5.74, 6) is -0.177. The highest BCUT2D eigenvalue weighted by molar-refractivity contribution is 5.85. The maximum absolute atomic E-state index is 12.7. The number of carbonyl (C=O) groups is 2. The van der Waals surface area contributed by atoms with Crippen LogP contribution in [0.4, 0.5) is 0 Å². The first-order valence-corrected chi connectivity index (χ1v) is 11.2. The quantitative estimate of drug-likeness (QED) is 0.515. The number of aryl methyl sites for hydroxylation is 2. The summed E-state index contributed by atoms with van der Waals surface area (Å²) in [5.41, 5.74) is 3.93. The van der Waals surface area contributed by atoms with E-state index in [0.717, 1.165) is 16.9 Å². The van der Waals surface area contributed by atoms with Gasteiger partial charge in [-0.25, -0.2) is 4.79 Å². The molecule has 1 aromatic heterocycles. The van der Waals surface area contributed by atoms with Gasteiger partial charge in [0.1, 0.15) is 24.2 Å². The number of benzene rings is 2. The number of rotatable bonds is 9. The molecule has 0 bridgehead atoms. The molecule has 1 aliphatic heterocycles. The molecule has 0 saturated carbocycles. The number of ether oxygens (including phenoxy) is 2. The molecule has 0 aliphatic carbocycles. The van der Waals surface area contributed by atoms with Crippen molar-refractivity contribution in [3.8, 4) is 5.75 Å². The average molecular weight is 465 g/mol. The lowest BCUT2D eigenvalue weighted by molar-refractivity contribution is -0.148. The molecule has 0 spiro atoms. The Balaban J connectivity index is 1.28. The van der Waals surface area contributed by atoms with Crippen molar-refractivity contribution in [3.05, 3.63) is 82.7 Å². The topological polar surface area (TPSA) is 102 Å². The molecule has 3 aromatic rings. The number of likely N-dealkylation sites (tertiary alicyclic amines) is 1. The molecule has 1 fully saturated rings. The van der Waals surface area contributed by atoms with E-state index >= 15 is 0 Å². The molecule has 1 amide bonds. The molecule has 178 valence electrons. The summed E-state index contributed by atoms with van der Waals surface area (Å²) in [6.07, 6.45) is -0.144. The van der Waals surface area contributed by atoms with Gasteiger partial charge in [0.25, 0.3) is 0 Å². The minimum absolute atomic E-state index is 0.0264. The summed E-state index contributed by atoms with van der Waals surface area (Å²) < 4.78 is 16.9. The fourth-order valence-electron chi connectivity index (χ4n) is 3.93. The largest absolute Gasteiger partial charge is 0.489 e. The van der Waals surface area contributed by atoms with Crippen molar-refractivity contribution in [2.24, 2.45) is 0 Å². The van der Waals surface area contributed by atoms with Crippen LogP contribution >= 0.6 is 0 Å². The van der Waals surface area contributed by atoms with Crippen LogP contribution in [0.5, 0.6) is 5.75 Å². The van der Waals surface area contributed by atoms with Gasteiger partial charge in [0.15, 0.2) is 0 Å². The maximum Gasteiger partial charge on any atom is 0.326 e. The molecule has 2 unspecified atom stereocenters. The van der Waals surface area contributed by atoms with Crippen LogP contribution in [0, 0.1) is 13.8 Å². The van der Waals surface area contributed by atoms with Crippen LogP contribution in [-0.4, -0.2) is 45.7 Å². The van der Waals surface area contributed by atoms with Gasteiger partial charge in [-0.15, -0.1) is 0 Å². The summed E-state index contributed by atoms with van der Waals surface area (Å²) in [5, 5.41) is 13.4. The third-order valence-electron chi connectivity index (χ3n) is 5.81. The number of carbonyl (C=O) groups excluding carboxylic acids is 1. The predicted octanol–water partition coefficient (Wildman–Crippen LogP) is 3.68. The van der Waals surface area contributed by atoms with Gasteiger partial charge in [-0.2, -0.15) is 0 Å². The van der Waals surface area contributed by atoms with Gasteiger partial charge in [0, 0.05) is 19.0 Å². The zero-order valence-corrected chi connectivity index (χ0v) is 19.3. The lowest BCUT2D eigenvalue weighted by Crippen LogP contribution is -2.41. The third kappa shape index (κ3) is 6.02. The number of aromatic nitrogens is 1. The summed E-state index contributed by atoms with van der Waals surface area (Å²) in [6, 6.07) is 16.6. The first kappa shape index (κ1) is 23.5. The standard InChI is InChI=1S/C26H28N2O6/c1-17-3-5-19(6-4-17)15-32-21-9-7-20(8-10-21)16-33-23-12-24(26(30)31)28(14-23)25(29)13-22-11-18(2)27-34-22/h3-11,23-24H,12-16H2,1-2H3,(H,30,31). The maximum atomic E-state index is 12.7. The summed E-state index contributed by atoms with van der Waals surface area (Å²) in [7, 11) is 0. The van der Waals surface area contributed by atoms with E-state index in [-0.39, 0.29) is 31.4 Å². The van der Waals surface area contributed by atoms with E-state index in [1.807, 2.05) is 43.3 Å². The Morgan fingerprint density at radius 1 is 1.06 bits per heavy atom. The number of nitrogens with zero attached hydrogens (tertiary/aromatic N) is 2. The van der Waals surface area contributed by atoms with Gasteiger partial charge in [-0.1, -0.05) is 47.1 Å². The molecular formula is C26H28N2O6. The summed E-state index contributed by atoms with van der Waals surface area (Å²) in [6.45, 7) is 4.85. The van der Waals surface area contributed by atoms with Crippen LogP contribution in [0.2, 0.25) is 0 Å². The second-order valence-electron chi connectivity index (χ2n) is 8.60. The number of aliphatic carboxylic acids is 1. The van der Waals surface area contributed by atoms with Gasteiger partial charge in [-0.3, -0.25) is 4.79 Å². The van der Waals surface area contributed by atoms with Crippen LogP contribution in [0.1, 0.15) is 34.6 Å². The van der Waals surface area contributed by atoms with Gasteiger partial charge in [0.05, 0.1) is 24.8 Å². The van der Waals surface area contributed by atoms with E-state index in [1.165, 1.54) is 10.5 Å². The van der Waals surface area contributed by atoms with Crippen molar-refractivity contribution >= 4 is 11.9 Å². The Hall–Kier alpha value is -3.65. The van der Waals surface area contributed by atoms with Gasteiger partial charge in [0.2, 0.25) is 5.91 Å². The molecule has 2 heterocycles. The lowest BCUT2D eigenvalue weighted by atomic mass is 10.2. The zero-order chi connectivity index (χ0) is 24.1. The normalized spacial score (nSPS) is 17.6. The molecule has 34 heavy (non-hydrogen) atoms. The Kier molecular flexibility index (Phi) is 7.27. The Morgan fingerprint density at radius 2 is 1.74 bits per heavy atom. The molecule has 2 atom stereocenters. The van der Waals surface area contributed by atoms with E-state index in [4.69, 9.17) is 14.0 Å². The van der Waals surface area contributed by atoms with Crippen LogP contribution in [0.25, 0.3) is 0 Å². The van der Waals surface area contributed by atoms with Gasteiger partial charge < -0.3 is 24.0 Å². The first-order chi connectivity index (χ1) is 16.4. The van der Waals surface area contributed by atoms with Crippen molar-refractivity contribution in [1.82, 2.24) is 10.1 Å². The number of carboxylic acids is 1.